The van der Waals surface area contributed by atoms with Crippen molar-refractivity contribution >= 4 is 23.2 Å². The minimum Gasteiger partial charge on any atom is -0.398 e. The highest BCUT2D eigenvalue weighted by molar-refractivity contribution is 6.33. The Labute approximate surface area is 93.0 Å². The molecule has 0 spiro atoms. The molecule has 0 bridgehead atoms. The molecule has 15 heavy (non-hydrogen) atoms. The Hall–Kier alpha value is -1.26. The van der Waals surface area contributed by atoms with Crippen molar-refractivity contribution in [2.24, 2.45) is 0 Å². The van der Waals surface area contributed by atoms with Crippen molar-refractivity contribution in [3.8, 4) is 0 Å². The van der Waals surface area contributed by atoms with Gasteiger partial charge < -0.3 is 16.2 Å². The predicted octanol–water partition coefficient (Wildman–Crippen LogP) is 1.03. The molecular weight excluding hydrogens is 216 g/mol. The first-order valence-electron chi connectivity index (χ1n) is 4.52. The summed E-state index contributed by atoms with van der Waals surface area (Å²) in [5.41, 5.74) is 6.37. The SMILES string of the molecule is C[C@@H](O)CNC(=O)c1ccc(N)c(Cl)c1. The molecule has 0 aliphatic rings. The lowest BCUT2D eigenvalue weighted by Crippen LogP contribution is -2.30. The Bertz CT molecular complexity index is 366. The van der Waals surface area contributed by atoms with Crippen LogP contribution < -0.4 is 11.1 Å². The van der Waals surface area contributed by atoms with Gasteiger partial charge in [-0.15, -0.1) is 0 Å². The van der Waals surface area contributed by atoms with Crippen molar-refractivity contribution in [3.05, 3.63) is 28.8 Å². The van der Waals surface area contributed by atoms with Crippen LogP contribution in [0.1, 0.15) is 17.3 Å². The van der Waals surface area contributed by atoms with Gasteiger partial charge in [0.15, 0.2) is 0 Å². The van der Waals surface area contributed by atoms with Crippen molar-refractivity contribution in [2.75, 3.05) is 12.3 Å². The number of nitrogens with one attached hydrogen (secondary N) is 1. The number of carbonyl (C=O) groups is 1. The number of amides is 1. The second-order valence-corrected chi connectivity index (χ2v) is 3.70. The molecule has 4 N–H and O–H groups in total. The molecule has 0 saturated carbocycles. The Morgan fingerprint density at radius 2 is 2.33 bits per heavy atom. The second kappa shape index (κ2) is 5.00. The molecule has 82 valence electrons. The van der Waals surface area contributed by atoms with Gasteiger partial charge in [-0.25, -0.2) is 0 Å². The highest BCUT2D eigenvalue weighted by Gasteiger charge is 2.07. The van der Waals surface area contributed by atoms with Gasteiger partial charge in [0, 0.05) is 12.1 Å². The fourth-order valence-corrected chi connectivity index (χ4v) is 1.19. The highest BCUT2D eigenvalue weighted by Crippen LogP contribution is 2.19. The molecule has 0 unspecified atom stereocenters. The minimum atomic E-state index is -0.571. The van der Waals surface area contributed by atoms with Crippen LogP contribution in [0, 0.1) is 0 Å². The first-order valence-corrected chi connectivity index (χ1v) is 4.90. The maximum absolute atomic E-state index is 11.5. The van der Waals surface area contributed by atoms with E-state index in [1.54, 1.807) is 19.1 Å². The molecular formula is C10H13ClN2O2. The summed E-state index contributed by atoms with van der Waals surface area (Å²) in [4.78, 5) is 11.5. The van der Waals surface area contributed by atoms with E-state index in [0.29, 0.717) is 16.3 Å². The van der Waals surface area contributed by atoms with Crippen LogP contribution in [-0.4, -0.2) is 23.7 Å². The first kappa shape index (κ1) is 11.8. The molecule has 0 aromatic heterocycles. The lowest BCUT2D eigenvalue weighted by Gasteiger charge is -2.07. The van der Waals surface area contributed by atoms with Gasteiger partial charge in [-0.3, -0.25) is 4.79 Å². The Kier molecular flexibility index (Phi) is 3.94. The van der Waals surface area contributed by atoms with E-state index in [4.69, 9.17) is 22.4 Å². The summed E-state index contributed by atoms with van der Waals surface area (Å²) >= 11 is 5.77. The largest absolute Gasteiger partial charge is 0.398 e. The van der Waals surface area contributed by atoms with Crippen molar-refractivity contribution in [3.63, 3.8) is 0 Å². The monoisotopic (exact) mass is 228 g/mol. The number of nitrogens with two attached hydrogens (primary N) is 1. The van der Waals surface area contributed by atoms with Gasteiger partial charge in [-0.2, -0.15) is 0 Å². The molecule has 1 aromatic carbocycles. The average molecular weight is 229 g/mol. The van der Waals surface area contributed by atoms with E-state index < -0.39 is 6.10 Å². The third-order valence-corrected chi connectivity index (χ3v) is 2.15. The molecule has 1 aromatic rings. The van der Waals surface area contributed by atoms with Gasteiger partial charge in [0.25, 0.3) is 5.91 Å². The Morgan fingerprint density at radius 3 is 2.87 bits per heavy atom. The number of hydrogen-bond acceptors (Lipinski definition) is 3. The number of aliphatic hydroxyl groups is 1. The summed E-state index contributed by atoms with van der Waals surface area (Å²) < 4.78 is 0. The molecule has 1 amide bonds. The number of halogens is 1. The van der Waals surface area contributed by atoms with E-state index in [0.717, 1.165) is 0 Å². The lowest BCUT2D eigenvalue weighted by atomic mass is 10.2. The van der Waals surface area contributed by atoms with E-state index in [1.165, 1.54) is 6.07 Å². The second-order valence-electron chi connectivity index (χ2n) is 3.30. The minimum absolute atomic E-state index is 0.209. The summed E-state index contributed by atoms with van der Waals surface area (Å²) in [6.07, 6.45) is -0.571. The van der Waals surface area contributed by atoms with E-state index in [2.05, 4.69) is 5.32 Å². The van der Waals surface area contributed by atoms with Crippen LogP contribution in [-0.2, 0) is 0 Å². The summed E-state index contributed by atoms with van der Waals surface area (Å²) in [6.45, 7) is 1.80. The Balaban J connectivity index is 2.70. The zero-order valence-corrected chi connectivity index (χ0v) is 9.08. The van der Waals surface area contributed by atoms with Crippen LogP contribution in [0.4, 0.5) is 5.69 Å². The molecule has 0 saturated heterocycles. The number of hydrogen-bond donors (Lipinski definition) is 3. The molecule has 0 heterocycles. The summed E-state index contributed by atoms with van der Waals surface area (Å²) in [5, 5.41) is 11.9. The van der Waals surface area contributed by atoms with Crippen LogP contribution in [0.5, 0.6) is 0 Å². The molecule has 5 heteroatoms. The molecule has 0 fully saturated rings. The molecule has 0 aliphatic heterocycles. The summed E-state index contributed by atoms with van der Waals surface area (Å²) in [5.74, 6) is -0.280. The lowest BCUT2D eigenvalue weighted by molar-refractivity contribution is 0.0924. The van der Waals surface area contributed by atoms with Crippen molar-refractivity contribution < 1.29 is 9.90 Å². The van der Waals surface area contributed by atoms with E-state index >= 15 is 0 Å². The molecule has 1 atom stereocenters. The van der Waals surface area contributed by atoms with Crippen LogP contribution >= 0.6 is 11.6 Å². The number of anilines is 1. The van der Waals surface area contributed by atoms with Gasteiger partial charge in [-0.05, 0) is 25.1 Å². The van der Waals surface area contributed by atoms with E-state index in [1.807, 2.05) is 0 Å². The fourth-order valence-electron chi connectivity index (χ4n) is 1.01. The van der Waals surface area contributed by atoms with Crippen LogP contribution in [0.25, 0.3) is 0 Å². The topological polar surface area (TPSA) is 75.3 Å². The quantitative estimate of drug-likeness (QED) is 0.677. The number of aliphatic hydroxyl groups excluding tert-OH is 1. The zero-order chi connectivity index (χ0) is 11.4. The molecule has 4 nitrogen and oxygen atoms in total. The molecule has 0 aliphatic carbocycles. The third kappa shape index (κ3) is 3.42. The fraction of sp³-hybridized carbons (Fsp3) is 0.300. The van der Waals surface area contributed by atoms with Crippen molar-refractivity contribution in [1.29, 1.82) is 0 Å². The van der Waals surface area contributed by atoms with Crippen LogP contribution in [0.3, 0.4) is 0 Å². The maximum atomic E-state index is 11.5. The zero-order valence-electron chi connectivity index (χ0n) is 8.33. The van der Waals surface area contributed by atoms with Gasteiger partial charge in [0.05, 0.1) is 16.8 Å². The summed E-state index contributed by atoms with van der Waals surface area (Å²) in [6, 6.07) is 4.65. The van der Waals surface area contributed by atoms with Crippen LogP contribution in [0.15, 0.2) is 18.2 Å². The normalized spacial score (nSPS) is 12.2. The number of benzene rings is 1. The standard InChI is InChI=1S/C10H13ClN2O2/c1-6(14)5-13-10(15)7-2-3-9(12)8(11)4-7/h2-4,6,14H,5,12H2,1H3,(H,13,15)/t6-/m1/s1. The van der Waals surface area contributed by atoms with Gasteiger partial charge >= 0.3 is 0 Å². The molecule has 0 radical (unpaired) electrons. The van der Waals surface area contributed by atoms with E-state index in [9.17, 15) is 4.79 Å². The smallest absolute Gasteiger partial charge is 0.251 e. The third-order valence-electron chi connectivity index (χ3n) is 1.82. The summed E-state index contributed by atoms with van der Waals surface area (Å²) in [7, 11) is 0. The highest BCUT2D eigenvalue weighted by atomic mass is 35.5. The number of nitrogen functional groups attached to an aromatic ring is 1. The predicted molar refractivity (Wildman–Crippen MR) is 59.9 cm³/mol. The molecule has 1 rings (SSSR count). The van der Waals surface area contributed by atoms with Crippen LogP contribution in [0.2, 0.25) is 5.02 Å². The Morgan fingerprint density at radius 1 is 1.67 bits per heavy atom. The van der Waals surface area contributed by atoms with Crippen molar-refractivity contribution in [2.45, 2.75) is 13.0 Å². The number of carbonyl (C=O) groups excluding carboxylic acids is 1. The maximum Gasteiger partial charge on any atom is 0.251 e. The first-order chi connectivity index (χ1) is 7.00. The van der Waals surface area contributed by atoms with Gasteiger partial charge in [0.2, 0.25) is 0 Å². The van der Waals surface area contributed by atoms with Gasteiger partial charge in [0.1, 0.15) is 0 Å². The average Bonchev–Trinajstić information content (AvgIpc) is 2.18. The van der Waals surface area contributed by atoms with E-state index in [-0.39, 0.29) is 12.5 Å². The number of rotatable bonds is 3. The van der Waals surface area contributed by atoms with Gasteiger partial charge in [-0.1, -0.05) is 11.6 Å². The van der Waals surface area contributed by atoms with Crippen molar-refractivity contribution in [1.82, 2.24) is 5.32 Å².